The van der Waals surface area contributed by atoms with Gasteiger partial charge in [0, 0.05) is 48.8 Å². The number of carbonyl (C=O) groups excluding carboxylic acids is 5. The molecule has 12 nitrogen and oxygen atoms in total. The molecule has 0 spiro atoms. The second-order valence-electron chi connectivity index (χ2n) is 11.9. The molecular formula is C33H44N4O8S2. The van der Waals surface area contributed by atoms with Crippen molar-refractivity contribution in [3.05, 3.63) is 63.8 Å². The number of pyridine rings is 1. The Labute approximate surface area is 283 Å². The number of ketones is 2. The van der Waals surface area contributed by atoms with Crippen LogP contribution in [0.3, 0.4) is 0 Å². The first-order chi connectivity index (χ1) is 22.2. The van der Waals surface area contributed by atoms with Crippen molar-refractivity contribution in [2.45, 2.75) is 103 Å². The number of Topliss-reactive ketones (excluding diaryl/α,β-unsaturated/α-hetero) is 2. The van der Waals surface area contributed by atoms with E-state index in [0.29, 0.717) is 31.2 Å². The highest BCUT2D eigenvalue weighted by molar-refractivity contribution is 8.76. The highest BCUT2D eigenvalue weighted by Crippen LogP contribution is 2.35. The standard InChI is InChI=1S/C33H44N4O8S2/c1-6-22-15-17-23(18-16-22)29(40)36-30(41)24(20-25(38)7-2)12-9-8-10-14-28(39)26(35-32(42)45-33(3,4)5)21-46-47-31-27(37(43)44)13-11-19-34-31/h11,13,15-19,24,26H,6-10,12,14,20-21H2,1-5H3,(H,35,42)(H,36,40,41). The first-order valence-corrected chi connectivity index (χ1v) is 17.9. The zero-order chi connectivity index (χ0) is 35.0. The maximum absolute atomic E-state index is 13.2. The van der Waals surface area contributed by atoms with E-state index in [0.717, 1.165) is 33.6 Å². The van der Waals surface area contributed by atoms with Crippen molar-refractivity contribution in [2.24, 2.45) is 5.92 Å². The molecule has 0 radical (unpaired) electrons. The number of alkyl carbamates (subject to hydrolysis) is 1. The van der Waals surface area contributed by atoms with Gasteiger partial charge in [-0.25, -0.2) is 9.78 Å². The number of nitrogens with one attached hydrogen (secondary N) is 2. The van der Waals surface area contributed by atoms with E-state index in [9.17, 15) is 34.1 Å². The molecule has 2 aromatic rings. The lowest BCUT2D eigenvalue weighted by atomic mass is 9.93. The van der Waals surface area contributed by atoms with Gasteiger partial charge in [0.1, 0.15) is 17.4 Å². The average molecular weight is 689 g/mol. The molecule has 0 aliphatic heterocycles. The molecule has 0 aliphatic rings. The van der Waals surface area contributed by atoms with Gasteiger partial charge in [-0.2, -0.15) is 0 Å². The predicted octanol–water partition coefficient (Wildman–Crippen LogP) is 6.65. The summed E-state index contributed by atoms with van der Waals surface area (Å²) in [5.41, 5.74) is 0.494. The molecule has 256 valence electrons. The zero-order valence-corrected chi connectivity index (χ0v) is 29.2. The van der Waals surface area contributed by atoms with Crippen LogP contribution in [0.4, 0.5) is 10.5 Å². The summed E-state index contributed by atoms with van der Waals surface area (Å²) in [6.45, 7) is 8.84. The van der Waals surface area contributed by atoms with Crippen LogP contribution in [-0.2, 0) is 25.5 Å². The molecule has 2 atom stereocenters. The smallest absolute Gasteiger partial charge is 0.408 e. The minimum absolute atomic E-state index is 0.0223. The van der Waals surface area contributed by atoms with Crippen molar-refractivity contribution >= 4 is 56.7 Å². The molecule has 0 saturated heterocycles. The number of imide groups is 1. The van der Waals surface area contributed by atoms with Gasteiger partial charge in [0.25, 0.3) is 5.91 Å². The Hall–Kier alpha value is -3.78. The van der Waals surface area contributed by atoms with Gasteiger partial charge in [0.15, 0.2) is 10.8 Å². The summed E-state index contributed by atoms with van der Waals surface area (Å²) in [5.74, 6) is -1.90. The van der Waals surface area contributed by atoms with Crippen LogP contribution < -0.4 is 10.6 Å². The third kappa shape index (κ3) is 14.7. The third-order valence-corrected chi connectivity index (χ3v) is 9.27. The van der Waals surface area contributed by atoms with Gasteiger partial charge < -0.3 is 10.1 Å². The molecule has 1 aromatic heterocycles. The fraction of sp³-hybridized carbons (Fsp3) is 0.515. The van der Waals surface area contributed by atoms with Crippen LogP contribution in [-0.4, -0.2) is 56.8 Å². The van der Waals surface area contributed by atoms with Crippen LogP contribution in [0.15, 0.2) is 47.6 Å². The van der Waals surface area contributed by atoms with Crippen LogP contribution in [0.25, 0.3) is 0 Å². The van der Waals surface area contributed by atoms with E-state index >= 15 is 0 Å². The van der Waals surface area contributed by atoms with Gasteiger partial charge in [-0.3, -0.25) is 34.6 Å². The molecule has 3 amide bonds. The quantitative estimate of drug-likeness (QED) is 0.0700. The number of ether oxygens (including phenoxy) is 1. The van der Waals surface area contributed by atoms with Crippen LogP contribution in [0.1, 0.15) is 95.5 Å². The average Bonchev–Trinajstić information content (AvgIpc) is 3.02. The van der Waals surface area contributed by atoms with E-state index in [1.54, 1.807) is 39.8 Å². The van der Waals surface area contributed by atoms with Crippen LogP contribution in [0, 0.1) is 16.0 Å². The summed E-state index contributed by atoms with van der Waals surface area (Å²) in [6.07, 6.45) is 3.88. The lowest BCUT2D eigenvalue weighted by molar-refractivity contribution is -0.388. The largest absolute Gasteiger partial charge is 0.444 e. The lowest BCUT2D eigenvalue weighted by Gasteiger charge is -2.23. The first kappa shape index (κ1) is 39.4. The van der Waals surface area contributed by atoms with Gasteiger partial charge in [-0.1, -0.05) is 49.6 Å². The highest BCUT2D eigenvalue weighted by Gasteiger charge is 2.26. The van der Waals surface area contributed by atoms with Crippen molar-refractivity contribution in [3.8, 4) is 0 Å². The summed E-state index contributed by atoms with van der Waals surface area (Å²) in [4.78, 5) is 78.3. The molecule has 0 saturated carbocycles. The summed E-state index contributed by atoms with van der Waals surface area (Å²) < 4.78 is 5.32. The molecule has 47 heavy (non-hydrogen) atoms. The summed E-state index contributed by atoms with van der Waals surface area (Å²) in [5, 5.41) is 16.5. The number of aromatic nitrogens is 1. The molecule has 0 bridgehead atoms. The predicted molar refractivity (Wildman–Crippen MR) is 182 cm³/mol. The topological polar surface area (TPSA) is 175 Å². The van der Waals surface area contributed by atoms with Crippen LogP contribution in [0.2, 0.25) is 0 Å². The van der Waals surface area contributed by atoms with Gasteiger partial charge in [-0.15, -0.1) is 0 Å². The molecule has 2 N–H and O–H groups in total. The number of benzene rings is 1. The number of nitrogens with zero attached hydrogens (tertiary/aromatic N) is 2. The molecule has 14 heteroatoms. The number of rotatable bonds is 19. The Morgan fingerprint density at radius 3 is 2.34 bits per heavy atom. The Morgan fingerprint density at radius 2 is 1.72 bits per heavy atom. The maximum Gasteiger partial charge on any atom is 0.408 e. The van der Waals surface area contributed by atoms with Crippen molar-refractivity contribution in [1.29, 1.82) is 0 Å². The van der Waals surface area contributed by atoms with Gasteiger partial charge in [0.2, 0.25) is 5.91 Å². The molecule has 2 rings (SSSR count). The zero-order valence-electron chi connectivity index (χ0n) is 27.5. The fourth-order valence-electron chi connectivity index (χ4n) is 4.37. The van der Waals surface area contributed by atoms with Crippen LogP contribution >= 0.6 is 21.6 Å². The second-order valence-corrected chi connectivity index (χ2v) is 14.2. The normalized spacial score (nSPS) is 12.4. The van der Waals surface area contributed by atoms with E-state index in [-0.39, 0.29) is 47.3 Å². The fourth-order valence-corrected chi connectivity index (χ4v) is 6.62. The van der Waals surface area contributed by atoms with Crippen molar-refractivity contribution in [3.63, 3.8) is 0 Å². The number of aryl methyl sites for hydroxylation is 1. The molecular weight excluding hydrogens is 645 g/mol. The Bertz CT molecular complexity index is 1400. The van der Waals surface area contributed by atoms with E-state index in [4.69, 9.17) is 4.74 Å². The monoisotopic (exact) mass is 688 g/mol. The number of nitro groups is 1. The van der Waals surface area contributed by atoms with E-state index in [1.807, 2.05) is 19.1 Å². The van der Waals surface area contributed by atoms with Crippen LogP contribution in [0.5, 0.6) is 0 Å². The first-order valence-electron chi connectivity index (χ1n) is 15.6. The van der Waals surface area contributed by atoms with Gasteiger partial charge >= 0.3 is 11.8 Å². The van der Waals surface area contributed by atoms with E-state index in [2.05, 4.69) is 15.6 Å². The number of hydrogen-bond acceptors (Lipinski definition) is 11. The SMILES string of the molecule is CCC(=O)CC(CCCCCC(=O)C(CSSc1ncccc1[N+](=O)[O-])NC(=O)OC(C)(C)C)C(=O)NC(=O)c1ccc(CC)cc1. The lowest BCUT2D eigenvalue weighted by Crippen LogP contribution is -2.44. The number of amides is 3. The summed E-state index contributed by atoms with van der Waals surface area (Å²) in [6, 6.07) is 8.87. The van der Waals surface area contributed by atoms with Gasteiger partial charge in [-0.05, 0) is 74.6 Å². The van der Waals surface area contributed by atoms with Gasteiger partial charge in [0.05, 0.1) is 4.92 Å². The molecule has 0 aliphatic carbocycles. The Balaban J connectivity index is 1.95. The van der Waals surface area contributed by atoms with E-state index < -0.39 is 40.4 Å². The minimum atomic E-state index is -0.914. The molecule has 1 aromatic carbocycles. The van der Waals surface area contributed by atoms with Crippen molar-refractivity contribution in [1.82, 2.24) is 15.6 Å². The highest BCUT2D eigenvalue weighted by atomic mass is 33.1. The third-order valence-electron chi connectivity index (χ3n) is 6.98. The number of hydrogen-bond donors (Lipinski definition) is 2. The summed E-state index contributed by atoms with van der Waals surface area (Å²) >= 11 is 0. The number of carbonyl (C=O) groups is 5. The Morgan fingerprint density at radius 1 is 1.02 bits per heavy atom. The molecule has 1 heterocycles. The van der Waals surface area contributed by atoms with Crippen molar-refractivity contribution in [2.75, 3.05) is 5.75 Å². The van der Waals surface area contributed by atoms with E-state index in [1.165, 1.54) is 18.3 Å². The second kappa shape index (κ2) is 19.8. The molecule has 2 unspecified atom stereocenters. The van der Waals surface area contributed by atoms with Crippen molar-refractivity contribution < 1.29 is 33.6 Å². The summed E-state index contributed by atoms with van der Waals surface area (Å²) in [7, 11) is 2.19. The molecule has 0 fully saturated rings. The number of unbranched alkanes of at least 4 members (excludes halogenated alkanes) is 2. The minimum Gasteiger partial charge on any atom is -0.444 e. The Kier molecular flexibility index (Phi) is 16.6. The maximum atomic E-state index is 13.2.